The molecular formula is C31H41N7O6. The second-order valence-corrected chi connectivity index (χ2v) is 12.7. The van der Waals surface area contributed by atoms with E-state index < -0.39 is 35.1 Å². The van der Waals surface area contributed by atoms with E-state index in [1.54, 1.807) is 20.0 Å². The van der Waals surface area contributed by atoms with Crippen LogP contribution in [0.15, 0.2) is 35.6 Å². The Morgan fingerprint density at radius 2 is 1.93 bits per heavy atom. The van der Waals surface area contributed by atoms with Crippen molar-refractivity contribution in [2.75, 3.05) is 11.9 Å². The number of Topliss-reactive ketones (excluding diaryl/α,β-unsaturated/α-hetero) is 1. The van der Waals surface area contributed by atoms with E-state index >= 15 is 0 Å². The molecule has 4 aliphatic carbocycles. The molecule has 13 heteroatoms. The molecule has 13 nitrogen and oxygen atoms in total. The monoisotopic (exact) mass is 607 g/mol. The number of pyridine rings is 1. The lowest BCUT2D eigenvalue weighted by molar-refractivity contribution is -0.138. The van der Waals surface area contributed by atoms with Crippen LogP contribution in [-0.2, 0) is 32.8 Å². The van der Waals surface area contributed by atoms with E-state index in [0.29, 0.717) is 17.3 Å². The van der Waals surface area contributed by atoms with Gasteiger partial charge in [0.2, 0.25) is 17.6 Å². The molecule has 5 atom stereocenters. The number of carbonyl (C=O) groups excluding carboxylic acids is 5. The highest BCUT2D eigenvalue weighted by atomic mass is 16.2. The zero-order valence-electron chi connectivity index (χ0n) is 25.5. The van der Waals surface area contributed by atoms with Crippen LogP contribution in [0.4, 0.5) is 5.69 Å². The molecule has 4 unspecified atom stereocenters. The number of rotatable bonds is 13. The number of nitrogens with zero attached hydrogens (tertiary/aromatic N) is 3. The minimum absolute atomic E-state index is 0.0805. The quantitative estimate of drug-likeness (QED) is 0.248. The normalized spacial score (nSPS) is 25.3. The highest BCUT2D eigenvalue weighted by Crippen LogP contribution is 2.68. The van der Waals surface area contributed by atoms with Gasteiger partial charge in [-0.2, -0.15) is 0 Å². The molecule has 4 fully saturated rings. The SMILES string of the molecule is CCNC(=O)C(=O)CC[C@H](NC(=O)c1cncn1C)C(=O)Nc1cccn(CC(=O)NC23CC4CC(C2)C(CC)(C4)C3)c1=O. The summed E-state index contributed by atoms with van der Waals surface area (Å²) in [5.74, 6) is -1.82. The van der Waals surface area contributed by atoms with E-state index in [1.807, 2.05) is 0 Å². The van der Waals surface area contributed by atoms with Crippen molar-refractivity contribution in [1.29, 1.82) is 0 Å². The average Bonchev–Trinajstić information content (AvgIpc) is 3.58. The van der Waals surface area contributed by atoms with Crippen LogP contribution in [0.2, 0.25) is 0 Å². The van der Waals surface area contributed by atoms with Crippen LogP contribution in [0.25, 0.3) is 0 Å². The minimum atomic E-state index is -1.25. The summed E-state index contributed by atoms with van der Waals surface area (Å²) in [4.78, 5) is 80.8. The molecule has 4 bridgehead atoms. The molecule has 6 rings (SSSR count). The zero-order chi connectivity index (χ0) is 31.6. The number of aromatic nitrogens is 3. The van der Waals surface area contributed by atoms with Crippen molar-refractivity contribution in [1.82, 2.24) is 30.1 Å². The molecule has 4 aliphatic rings. The molecule has 0 aliphatic heterocycles. The fourth-order valence-electron chi connectivity index (χ4n) is 7.97. The topological polar surface area (TPSA) is 173 Å². The first kappa shape index (κ1) is 31.1. The van der Waals surface area contributed by atoms with E-state index in [2.05, 4.69) is 33.2 Å². The Hall–Kier alpha value is -4.29. The Labute approximate surface area is 255 Å². The van der Waals surface area contributed by atoms with Crippen molar-refractivity contribution < 1.29 is 24.0 Å². The van der Waals surface area contributed by atoms with Crippen LogP contribution in [0.3, 0.4) is 0 Å². The number of aryl methyl sites for hydroxylation is 1. The Morgan fingerprint density at radius 3 is 2.61 bits per heavy atom. The second-order valence-electron chi connectivity index (χ2n) is 12.7. The third-order valence-electron chi connectivity index (χ3n) is 9.81. The Bertz CT molecular complexity index is 1530. The van der Waals surface area contributed by atoms with Crippen LogP contribution < -0.4 is 26.8 Å². The largest absolute Gasteiger partial charge is 0.350 e. The van der Waals surface area contributed by atoms with Gasteiger partial charge in [-0.15, -0.1) is 0 Å². The first-order valence-corrected chi connectivity index (χ1v) is 15.4. The Balaban J connectivity index is 1.26. The van der Waals surface area contributed by atoms with Gasteiger partial charge in [0.15, 0.2) is 0 Å². The van der Waals surface area contributed by atoms with Crippen molar-refractivity contribution >= 4 is 35.1 Å². The highest BCUT2D eigenvalue weighted by Gasteiger charge is 2.63. The molecule has 2 heterocycles. The van der Waals surface area contributed by atoms with Crippen molar-refractivity contribution in [3.05, 3.63) is 46.9 Å². The number of hydrogen-bond donors (Lipinski definition) is 4. The third kappa shape index (κ3) is 6.18. The molecule has 236 valence electrons. The second kappa shape index (κ2) is 12.4. The molecule has 0 radical (unpaired) electrons. The fourth-order valence-corrected chi connectivity index (χ4v) is 7.97. The summed E-state index contributed by atoms with van der Waals surface area (Å²) in [7, 11) is 1.61. The van der Waals surface area contributed by atoms with Gasteiger partial charge in [0.1, 0.15) is 24.0 Å². The Kier molecular flexibility index (Phi) is 8.76. The van der Waals surface area contributed by atoms with Gasteiger partial charge >= 0.3 is 0 Å². The molecule has 0 aromatic carbocycles. The van der Waals surface area contributed by atoms with Gasteiger partial charge in [-0.1, -0.05) is 13.3 Å². The number of anilines is 1. The van der Waals surface area contributed by atoms with Gasteiger partial charge in [-0.05, 0) is 74.8 Å². The van der Waals surface area contributed by atoms with Crippen LogP contribution in [-0.4, -0.2) is 61.7 Å². The lowest BCUT2D eigenvalue weighted by atomic mass is 9.71. The third-order valence-corrected chi connectivity index (χ3v) is 9.81. The number of imidazole rings is 1. The number of ketones is 1. The average molecular weight is 608 g/mol. The number of likely N-dealkylation sites (N-methyl/N-ethyl adjacent to an activating group) is 1. The van der Waals surface area contributed by atoms with Crippen LogP contribution in [0, 0.1) is 17.3 Å². The van der Waals surface area contributed by atoms with Gasteiger partial charge in [0, 0.05) is 31.7 Å². The van der Waals surface area contributed by atoms with Gasteiger partial charge in [-0.25, -0.2) is 4.98 Å². The van der Waals surface area contributed by atoms with E-state index in [-0.39, 0.29) is 48.8 Å². The van der Waals surface area contributed by atoms with Crippen LogP contribution in [0.5, 0.6) is 0 Å². The lowest BCUT2D eigenvalue weighted by Crippen LogP contribution is -2.52. The Morgan fingerprint density at radius 1 is 1.14 bits per heavy atom. The van der Waals surface area contributed by atoms with Gasteiger partial charge in [0.05, 0.1) is 12.5 Å². The maximum atomic E-state index is 13.4. The summed E-state index contributed by atoms with van der Waals surface area (Å²) in [6.07, 6.45) is 10.3. The molecule has 2 aromatic heterocycles. The summed E-state index contributed by atoms with van der Waals surface area (Å²) >= 11 is 0. The number of amides is 4. The van der Waals surface area contributed by atoms with Crippen molar-refractivity contribution in [3.8, 4) is 0 Å². The number of carbonyl (C=O) groups is 5. The first-order chi connectivity index (χ1) is 21.0. The van der Waals surface area contributed by atoms with E-state index in [4.69, 9.17) is 0 Å². The molecule has 4 N–H and O–H groups in total. The predicted octanol–water partition coefficient (Wildman–Crippen LogP) is 1.28. The number of hydrogen-bond acceptors (Lipinski definition) is 7. The summed E-state index contributed by atoms with van der Waals surface area (Å²) in [5, 5.41) is 10.8. The molecule has 44 heavy (non-hydrogen) atoms. The van der Waals surface area contributed by atoms with Gasteiger partial charge < -0.3 is 30.4 Å². The van der Waals surface area contributed by atoms with E-state index in [0.717, 1.165) is 25.7 Å². The summed E-state index contributed by atoms with van der Waals surface area (Å²) in [6, 6.07) is 1.72. The minimum Gasteiger partial charge on any atom is -0.350 e. The summed E-state index contributed by atoms with van der Waals surface area (Å²) in [5.41, 5.74) is -0.365. The number of nitrogens with one attached hydrogen (secondary N) is 4. The summed E-state index contributed by atoms with van der Waals surface area (Å²) in [6.45, 7) is 4.00. The maximum Gasteiger partial charge on any atom is 0.287 e. The molecule has 0 saturated heterocycles. The fraction of sp³-hybridized carbons (Fsp3) is 0.581. The zero-order valence-corrected chi connectivity index (χ0v) is 25.5. The van der Waals surface area contributed by atoms with Gasteiger partial charge in [0.25, 0.3) is 17.4 Å². The first-order valence-electron chi connectivity index (χ1n) is 15.4. The summed E-state index contributed by atoms with van der Waals surface area (Å²) < 4.78 is 2.71. The molecule has 4 saturated carbocycles. The predicted molar refractivity (Wildman–Crippen MR) is 160 cm³/mol. The molecule has 2 aromatic rings. The standard InChI is InChI=1S/C31H41N7O6/c1-4-30-12-19-11-20(30)14-31(13-19,17-30)36-25(40)16-38-10-6-7-22(29(38)44)35-26(41)21(8-9-24(39)28(43)33-5-2)34-27(42)23-15-32-18-37(23)3/h6-7,10,15,18-21H,4-5,8-9,11-14,16-17H2,1-3H3,(H,33,43)(H,34,42)(H,35,41)(H,36,40)/t19?,20?,21-,30?,31?/m0/s1. The van der Waals surface area contributed by atoms with Gasteiger partial charge in [-0.3, -0.25) is 28.8 Å². The lowest BCUT2D eigenvalue weighted by Gasteiger charge is -2.41. The maximum absolute atomic E-state index is 13.4. The van der Waals surface area contributed by atoms with Crippen LogP contribution >= 0.6 is 0 Å². The van der Waals surface area contributed by atoms with Crippen LogP contribution in [0.1, 0.15) is 75.7 Å². The van der Waals surface area contributed by atoms with E-state index in [1.165, 1.54) is 46.8 Å². The molecule has 0 spiro atoms. The van der Waals surface area contributed by atoms with E-state index in [9.17, 15) is 28.8 Å². The van der Waals surface area contributed by atoms with Crippen molar-refractivity contribution in [2.24, 2.45) is 24.3 Å². The van der Waals surface area contributed by atoms with Crippen molar-refractivity contribution in [2.45, 2.75) is 83.3 Å². The highest BCUT2D eigenvalue weighted by molar-refractivity contribution is 6.36. The molecule has 4 amide bonds. The smallest absolute Gasteiger partial charge is 0.287 e. The molecular weight excluding hydrogens is 566 g/mol. The van der Waals surface area contributed by atoms with Crippen molar-refractivity contribution in [3.63, 3.8) is 0 Å².